The van der Waals surface area contributed by atoms with Gasteiger partial charge < -0.3 is 14.6 Å². The number of Topliss-reactive ketones (excluding diaryl/α,β-unsaturated/α-hetero) is 1. The van der Waals surface area contributed by atoms with Crippen LogP contribution in [0.5, 0.6) is 0 Å². The number of nitrogens with zero attached hydrogens (tertiary/aromatic N) is 1. The van der Waals surface area contributed by atoms with Gasteiger partial charge in [-0.05, 0) is 32.3 Å². The summed E-state index contributed by atoms with van der Waals surface area (Å²) in [7, 11) is 3.20. The number of rotatable bonds is 8. The first kappa shape index (κ1) is 14.3. The van der Waals surface area contributed by atoms with Crippen LogP contribution in [0.2, 0.25) is 0 Å². The molecule has 0 aromatic carbocycles. The third-order valence-corrected chi connectivity index (χ3v) is 2.11. The molecule has 0 radical (unpaired) electrons. The number of ketones is 1. The van der Waals surface area contributed by atoms with Gasteiger partial charge in [0.2, 0.25) is 0 Å². The first-order valence-corrected chi connectivity index (χ1v) is 5.63. The lowest BCUT2D eigenvalue weighted by atomic mass is 10.1. The summed E-state index contributed by atoms with van der Waals surface area (Å²) in [4.78, 5) is 10.6. The quantitative estimate of drug-likeness (QED) is 0.353. The Morgan fingerprint density at radius 3 is 2.33 bits per heavy atom. The topological polar surface area (TPSA) is 40.1 Å². The average molecular weight is 213 g/mol. The number of hydroxylamine groups is 3. The zero-order valence-corrected chi connectivity index (χ0v) is 10.2. The minimum atomic E-state index is -0.357. The van der Waals surface area contributed by atoms with Crippen LogP contribution in [0.25, 0.3) is 0 Å². The Bertz CT molecular complexity index is 204. The van der Waals surface area contributed by atoms with Crippen molar-refractivity contribution >= 4 is 5.78 Å². The Balaban J connectivity index is 3.26. The number of hydrogen-bond acceptors (Lipinski definition) is 2. The fourth-order valence-electron chi connectivity index (χ4n) is 1.32. The van der Waals surface area contributed by atoms with Crippen molar-refractivity contribution in [2.24, 2.45) is 0 Å². The molecule has 0 unspecified atom stereocenters. The van der Waals surface area contributed by atoms with Gasteiger partial charge >= 0.3 is 0 Å². The summed E-state index contributed by atoms with van der Waals surface area (Å²) in [5, 5.41) is 11.1. The minimum absolute atomic E-state index is 0.278. The van der Waals surface area contributed by atoms with Gasteiger partial charge in [0, 0.05) is 6.42 Å². The molecule has 0 saturated heterocycles. The van der Waals surface area contributed by atoms with Gasteiger partial charge in [-0.2, -0.15) is 0 Å². The molecule has 88 valence electrons. The van der Waals surface area contributed by atoms with Crippen LogP contribution in [0.1, 0.15) is 45.4 Å². The molecule has 0 amide bonds. The number of unbranched alkanes of at least 4 members (excludes halogenated alkanes) is 4. The summed E-state index contributed by atoms with van der Waals surface area (Å²) in [6, 6.07) is 0. The van der Waals surface area contributed by atoms with Crippen LogP contribution in [0.3, 0.4) is 0 Å². The Morgan fingerprint density at radius 2 is 1.80 bits per heavy atom. The second-order valence-electron chi connectivity index (χ2n) is 4.47. The Hall–Kier alpha value is -0.670. The fraction of sp³-hybridized carbons (Fsp3) is 0.750. The smallest absolute Gasteiger partial charge is 0.129 e. The molecule has 0 atom stereocenters. The monoisotopic (exact) mass is 213 g/mol. The van der Waals surface area contributed by atoms with E-state index in [-0.39, 0.29) is 10.4 Å². The number of allylic oxidation sites excluding steroid dienone is 1. The molecule has 0 saturated carbocycles. The normalized spacial score (nSPS) is 12.3. The van der Waals surface area contributed by atoms with Crippen LogP contribution < -0.4 is 0 Å². The van der Waals surface area contributed by atoms with E-state index < -0.39 is 0 Å². The first-order valence-electron chi connectivity index (χ1n) is 5.63. The molecule has 15 heavy (non-hydrogen) atoms. The van der Waals surface area contributed by atoms with E-state index in [1.54, 1.807) is 27.2 Å². The second-order valence-corrected chi connectivity index (χ2v) is 4.47. The fourth-order valence-corrected chi connectivity index (χ4v) is 1.32. The van der Waals surface area contributed by atoms with E-state index in [9.17, 15) is 10.0 Å². The average Bonchev–Trinajstić information content (AvgIpc) is 2.07. The molecule has 0 aliphatic heterocycles. The summed E-state index contributed by atoms with van der Waals surface area (Å²) in [6.07, 6.45) is 9.64. The summed E-state index contributed by atoms with van der Waals surface area (Å²) in [6.45, 7) is 1.64. The molecule has 0 fully saturated rings. The zero-order valence-electron chi connectivity index (χ0n) is 10.2. The lowest BCUT2D eigenvalue weighted by molar-refractivity contribution is -0.785. The molecule has 0 rings (SSSR count). The highest BCUT2D eigenvalue weighted by atomic mass is 16.5. The summed E-state index contributed by atoms with van der Waals surface area (Å²) >= 11 is 0. The maximum absolute atomic E-state index is 11.1. The molecule has 0 heterocycles. The molecule has 0 N–H and O–H groups in total. The van der Waals surface area contributed by atoms with Crippen LogP contribution in [-0.2, 0) is 4.79 Å². The lowest BCUT2D eigenvalue weighted by Crippen LogP contribution is -2.23. The second kappa shape index (κ2) is 7.60. The molecule has 0 aliphatic carbocycles. The number of carbonyl (C=O) groups excluding carboxylic acids is 1. The van der Waals surface area contributed by atoms with Crippen LogP contribution in [0, 0.1) is 5.21 Å². The van der Waals surface area contributed by atoms with Gasteiger partial charge in [-0.1, -0.05) is 12.8 Å². The highest BCUT2D eigenvalue weighted by Crippen LogP contribution is 2.07. The predicted molar refractivity (Wildman–Crippen MR) is 63.0 cm³/mol. The lowest BCUT2D eigenvalue weighted by Gasteiger charge is -2.28. The predicted octanol–water partition coefficient (Wildman–Crippen LogP) is 3.00. The SMILES string of the molecule is CC(=O)CCCCCCC=C[N+](C)(C)[O-]. The van der Waals surface area contributed by atoms with Gasteiger partial charge in [0.1, 0.15) is 5.78 Å². The van der Waals surface area contributed by atoms with Crippen molar-refractivity contribution in [3.05, 3.63) is 17.5 Å². The maximum atomic E-state index is 11.1. The van der Waals surface area contributed by atoms with E-state index in [0.717, 1.165) is 32.1 Å². The number of carbonyl (C=O) groups is 1. The molecular weight excluding hydrogens is 190 g/mol. The van der Waals surface area contributed by atoms with Crippen molar-refractivity contribution in [3.8, 4) is 0 Å². The first-order chi connectivity index (χ1) is 6.92. The zero-order chi connectivity index (χ0) is 11.7. The largest absolute Gasteiger partial charge is 0.628 e. The van der Waals surface area contributed by atoms with E-state index in [4.69, 9.17) is 0 Å². The highest BCUT2D eigenvalue weighted by molar-refractivity contribution is 5.75. The van der Waals surface area contributed by atoms with E-state index in [0.29, 0.717) is 6.42 Å². The van der Waals surface area contributed by atoms with E-state index in [1.165, 1.54) is 0 Å². The Morgan fingerprint density at radius 1 is 1.20 bits per heavy atom. The molecule has 0 spiro atoms. The summed E-state index contributed by atoms with van der Waals surface area (Å²) in [5.41, 5.74) is 0. The van der Waals surface area contributed by atoms with E-state index in [1.807, 2.05) is 6.08 Å². The summed E-state index contributed by atoms with van der Waals surface area (Å²) in [5.74, 6) is 0.278. The molecule has 3 nitrogen and oxygen atoms in total. The van der Waals surface area contributed by atoms with Crippen LogP contribution in [0.15, 0.2) is 12.3 Å². The molecule has 0 bridgehead atoms. The third-order valence-electron chi connectivity index (χ3n) is 2.11. The molecule has 0 aliphatic rings. The van der Waals surface area contributed by atoms with E-state index in [2.05, 4.69) is 0 Å². The molecular formula is C12H23NO2. The van der Waals surface area contributed by atoms with Gasteiger partial charge in [-0.3, -0.25) is 0 Å². The Kier molecular flexibility index (Phi) is 7.26. The van der Waals surface area contributed by atoms with Crippen molar-refractivity contribution in [2.45, 2.75) is 45.4 Å². The maximum Gasteiger partial charge on any atom is 0.129 e. The van der Waals surface area contributed by atoms with Crippen molar-refractivity contribution in [3.63, 3.8) is 0 Å². The standard InChI is InChI=1S/C12H23NO2/c1-12(14)10-8-6-4-5-7-9-11-13(2,3)15/h9,11H,4-8,10H2,1-3H3. The summed E-state index contributed by atoms with van der Waals surface area (Å²) < 4.78 is -0.357. The Labute approximate surface area is 92.9 Å². The van der Waals surface area contributed by atoms with Crippen molar-refractivity contribution < 1.29 is 9.44 Å². The molecule has 0 aromatic rings. The molecule has 3 heteroatoms. The van der Waals surface area contributed by atoms with Gasteiger partial charge in [-0.15, -0.1) is 0 Å². The number of hydrogen-bond donors (Lipinski definition) is 0. The van der Waals surface area contributed by atoms with Crippen molar-refractivity contribution in [2.75, 3.05) is 14.1 Å². The van der Waals surface area contributed by atoms with Gasteiger partial charge in [-0.25, -0.2) is 0 Å². The van der Waals surface area contributed by atoms with Crippen molar-refractivity contribution in [1.29, 1.82) is 0 Å². The van der Waals surface area contributed by atoms with Crippen LogP contribution in [0.4, 0.5) is 0 Å². The van der Waals surface area contributed by atoms with Crippen LogP contribution >= 0.6 is 0 Å². The van der Waals surface area contributed by atoms with Gasteiger partial charge in [0.05, 0.1) is 20.3 Å². The van der Waals surface area contributed by atoms with Crippen LogP contribution in [-0.4, -0.2) is 24.5 Å². The number of quaternary nitrogens is 1. The van der Waals surface area contributed by atoms with Gasteiger partial charge in [0.25, 0.3) is 0 Å². The van der Waals surface area contributed by atoms with Crippen molar-refractivity contribution in [1.82, 2.24) is 0 Å². The minimum Gasteiger partial charge on any atom is -0.628 e. The third kappa shape index (κ3) is 13.3. The highest BCUT2D eigenvalue weighted by Gasteiger charge is 1.94. The molecule has 0 aromatic heterocycles. The van der Waals surface area contributed by atoms with E-state index >= 15 is 0 Å². The van der Waals surface area contributed by atoms with Gasteiger partial charge in [0.15, 0.2) is 0 Å².